The first-order chi connectivity index (χ1) is 9.23. The average Bonchev–Trinajstić information content (AvgIpc) is 2.70. The van der Waals surface area contributed by atoms with Gasteiger partial charge in [0.25, 0.3) is 5.69 Å². The van der Waals surface area contributed by atoms with Crippen molar-refractivity contribution in [2.75, 3.05) is 13.1 Å². The minimum absolute atomic E-state index is 0.171. The first-order valence-corrected chi connectivity index (χ1v) is 7.35. The normalized spacial score (nSPS) is 23.9. The molecule has 1 saturated heterocycles. The Morgan fingerprint density at radius 3 is 2.35 bits per heavy atom. The summed E-state index contributed by atoms with van der Waals surface area (Å²) in [5.41, 5.74) is -0.520. The molecule has 110 valence electrons. The van der Waals surface area contributed by atoms with Crippen molar-refractivity contribution in [3.05, 3.63) is 33.3 Å². The van der Waals surface area contributed by atoms with Gasteiger partial charge in [0.05, 0.1) is 22.0 Å². The van der Waals surface area contributed by atoms with Gasteiger partial charge in [-0.2, -0.15) is 4.31 Å². The number of nitro benzene ring substituents is 1. The fraction of sp³-hybridized carbons (Fsp3) is 0.400. The van der Waals surface area contributed by atoms with Crippen molar-refractivity contribution in [1.29, 1.82) is 0 Å². The number of rotatable bonds is 3. The van der Waals surface area contributed by atoms with E-state index in [1.807, 2.05) is 0 Å². The fourth-order valence-electron chi connectivity index (χ4n) is 1.87. The summed E-state index contributed by atoms with van der Waals surface area (Å²) < 4.78 is 25.4. The minimum atomic E-state index is -4.03. The van der Waals surface area contributed by atoms with Gasteiger partial charge in [-0.3, -0.25) is 10.1 Å². The second-order valence-corrected chi connectivity index (χ2v) is 6.67. The number of sulfonamides is 1. The molecule has 20 heavy (non-hydrogen) atoms. The Kier molecular flexibility index (Phi) is 3.98. The van der Waals surface area contributed by atoms with Crippen molar-refractivity contribution in [3.63, 3.8) is 0 Å². The van der Waals surface area contributed by atoms with Crippen LogP contribution in [0.1, 0.15) is 0 Å². The Morgan fingerprint density at radius 2 is 1.85 bits per heavy atom. The molecule has 10 heteroatoms. The van der Waals surface area contributed by atoms with E-state index in [2.05, 4.69) is 0 Å². The Labute approximate surface area is 119 Å². The third kappa shape index (κ3) is 2.63. The van der Waals surface area contributed by atoms with Crippen LogP contribution in [0.4, 0.5) is 5.69 Å². The molecule has 0 bridgehead atoms. The zero-order valence-corrected chi connectivity index (χ0v) is 11.6. The first kappa shape index (κ1) is 15.1. The van der Waals surface area contributed by atoms with Gasteiger partial charge in [-0.05, 0) is 12.1 Å². The maximum atomic E-state index is 12.2. The molecule has 0 unspecified atom stereocenters. The van der Waals surface area contributed by atoms with Gasteiger partial charge in [-0.1, -0.05) is 11.6 Å². The molecule has 8 nitrogen and oxygen atoms in total. The van der Waals surface area contributed by atoms with Crippen molar-refractivity contribution in [1.82, 2.24) is 4.31 Å². The number of aliphatic hydroxyl groups is 2. The van der Waals surface area contributed by atoms with Crippen molar-refractivity contribution in [2.24, 2.45) is 0 Å². The van der Waals surface area contributed by atoms with E-state index in [0.29, 0.717) is 0 Å². The first-order valence-electron chi connectivity index (χ1n) is 5.53. The molecule has 2 N–H and O–H groups in total. The van der Waals surface area contributed by atoms with Crippen LogP contribution in [-0.2, 0) is 10.0 Å². The number of hydrogen-bond donors (Lipinski definition) is 2. The van der Waals surface area contributed by atoms with Crippen molar-refractivity contribution in [3.8, 4) is 0 Å². The predicted octanol–water partition coefficient (Wildman–Crippen LogP) is -0.0257. The maximum absolute atomic E-state index is 12.2. The van der Waals surface area contributed by atoms with E-state index in [0.717, 1.165) is 22.5 Å². The molecule has 0 amide bonds. The monoisotopic (exact) mass is 322 g/mol. The molecule has 0 aromatic heterocycles. The van der Waals surface area contributed by atoms with E-state index in [4.69, 9.17) is 11.6 Å². The number of halogens is 1. The van der Waals surface area contributed by atoms with Crippen LogP contribution in [0.5, 0.6) is 0 Å². The largest absolute Gasteiger partial charge is 0.389 e. The van der Waals surface area contributed by atoms with E-state index in [9.17, 15) is 28.7 Å². The molecule has 1 aliphatic heterocycles. The third-order valence-corrected chi connectivity index (χ3v) is 5.12. The summed E-state index contributed by atoms with van der Waals surface area (Å²) in [6.45, 7) is -0.528. The highest BCUT2D eigenvalue weighted by Gasteiger charge is 2.38. The van der Waals surface area contributed by atoms with Gasteiger partial charge in [0.1, 0.15) is 5.02 Å². The van der Waals surface area contributed by atoms with Crippen LogP contribution >= 0.6 is 11.6 Å². The van der Waals surface area contributed by atoms with E-state index in [1.54, 1.807) is 0 Å². The quantitative estimate of drug-likeness (QED) is 0.595. The highest BCUT2D eigenvalue weighted by Crippen LogP contribution is 2.29. The van der Waals surface area contributed by atoms with Crippen LogP contribution in [0.15, 0.2) is 23.1 Å². The van der Waals surface area contributed by atoms with Crippen molar-refractivity contribution >= 4 is 27.3 Å². The summed E-state index contributed by atoms with van der Waals surface area (Å²) in [4.78, 5) is 9.67. The summed E-state index contributed by atoms with van der Waals surface area (Å²) in [6, 6.07) is 3.12. The molecule has 0 radical (unpaired) electrons. The fourth-order valence-corrected chi connectivity index (χ4v) is 3.56. The summed E-state index contributed by atoms with van der Waals surface area (Å²) in [5.74, 6) is 0. The van der Waals surface area contributed by atoms with Crippen molar-refractivity contribution in [2.45, 2.75) is 17.1 Å². The number of β-amino-alcohol motifs (C(OH)–C–C–N with tert-alkyl or cyclic N) is 2. The van der Waals surface area contributed by atoms with Crippen LogP contribution < -0.4 is 0 Å². The number of benzene rings is 1. The van der Waals surface area contributed by atoms with Gasteiger partial charge in [0.15, 0.2) is 0 Å². The summed E-state index contributed by atoms with van der Waals surface area (Å²) in [5, 5.41) is 29.3. The van der Waals surface area contributed by atoms with E-state index in [-0.39, 0.29) is 23.0 Å². The molecule has 2 rings (SSSR count). The second-order valence-electron chi connectivity index (χ2n) is 4.33. The number of hydrogen-bond acceptors (Lipinski definition) is 6. The molecule has 1 fully saturated rings. The van der Waals surface area contributed by atoms with Crippen molar-refractivity contribution < 1.29 is 23.6 Å². The Balaban J connectivity index is 2.40. The lowest BCUT2D eigenvalue weighted by molar-refractivity contribution is -0.384. The second kappa shape index (κ2) is 5.26. The molecule has 0 aliphatic carbocycles. The van der Waals surface area contributed by atoms with E-state index >= 15 is 0 Å². The average molecular weight is 323 g/mol. The van der Waals surface area contributed by atoms with Gasteiger partial charge in [0.2, 0.25) is 10.0 Å². The zero-order valence-electron chi connectivity index (χ0n) is 10.0. The summed E-state index contributed by atoms with van der Waals surface area (Å²) in [7, 11) is -4.03. The Bertz CT molecular complexity index is 639. The SMILES string of the molecule is O=[N+]([O-])c1cc(S(=O)(=O)N2C[C@@H](O)[C@@H](O)C2)ccc1Cl. The maximum Gasteiger partial charge on any atom is 0.289 e. The van der Waals surface area contributed by atoms with E-state index < -0.39 is 32.8 Å². The van der Waals surface area contributed by atoms with Gasteiger partial charge in [0, 0.05) is 19.2 Å². The van der Waals surface area contributed by atoms with Crippen LogP contribution in [0, 0.1) is 10.1 Å². The molecule has 1 aliphatic rings. The lowest BCUT2D eigenvalue weighted by Crippen LogP contribution is -2.30. The molecule has 0 saturated carbocycles. The smallest absolute Gasteiger partial charge is 0.289 e. The molecule has 1 aromatic carbocycles. The standard InChI is InChI=1S/C10H11ClN2O6S/c11-7-2-1-6(3-8(7)13(16)17)20(18,19)12-4-9(14)10(15)5-12/h1-3,9-10,14-15H,4-5H2/t9-,10+. The summed E-state index contributed by atoms with van der Waals surface area (Å²) in [6.07, 6.45) is -2.35. The van der Waals surface area contributed by atoms with Gasteiger partial charge >= 0.3 is 0 Å². The van der Waals surface area contributed by atoms with Gasteiger partial charge < -0.3 is 10.2 Å². The lowest BCUT2D eigenvalue weighted by Gasteiger charge is -2.15. The number of aliphatic hydroxyl groups excluding tert-OH is 2. The molecule has 0 spiro atoms. The minimum Gasteiger partial charge on any atom is -0.389 e. The molecule has 2 atom stereocenters. The number of nitro groups is 1. The van der Waals surface area contributed by atoms with Gasteiger partial charge in [-0.15, -0.1) is 0 Å². The molecule has 1 aromatic rings. The van der Waals surface area contributed by atoms with Crippen LogP contribution in [-0.4, -0.2) is 53.2 Å². The molecule has 1 heterocycles. The van der Waals surface area contributed by atoms with Gasteiger partial charge in [-0.25, -0.2) is 8.42 Å². The zero-order chi connectivity index (χ0) is 15.1. The molecular formula is C10H11ClN2O6S. The van der Waals surface area contributed by atoms with Crippen LogP contribution in [0.3, 0.4) is 0 Å². The van der Waals surface area contributed by atoms with E-state index in [1.165, 1.54) is 0 Å². The lowest BCUT2D eigenvalue weighted by atomic mass is 10.3. The Hall–Kier alpha value is -1.26. The summed E-state index contributed by atoms with van der Waals surface area (Å²) >= 11 is 5.62. The Morgan fingerprint density at radius 1 is 1.30 bits per heavy atom. The molecular weight excluding hydrogens is 312 g/mol. The van der Waals surface area contributed by atoms with Crippen LogP contribution in [0.25, 0.3) is 0 Å². The van der Waals surface area contributed by atoms with Crippen LogP contribution in [0.2, 0.25) is 5.02 Å². The predicted molar refractivity (Wildman–Crippen MR) is 68.9 cm³/mol. The number of nitrogens with zero attached hydrogens (tertiary/aromatic N) is 2. The highest BCUT2D eigenvalue weighted by atomic mass is 35.5. The third-order valence-electron chi connectivity index (χ3n) is 2.98. The highest BCUT2D eigenvalue weighted by molar-refractivity contribution is 7.89. The topological polar surface area (TPSA) is 121 Å².